The standard InChI is InChI=1S/C9H13N3O4/c1-5(9(14)15)8(13)10-4-3-7-11-6(2)16-12-7/h5H,3-4H2,1-2H3,(H,10,13)(H,14,15). The predicted molar refractivity (Wildman–Crippen MR) is 52.5 cm³/mol. The number of aryl methyl sites for hydroxylation is 1. The summed E-state index contributed by atoms with van der Waals surface area (Å²) in [6, 6.07) is 0. The minimum Gasteiger partial charge on any atom is -0.481 e. The molecule has 0 saturated carbocycles. The van der Waals surface area contributed by atoms with Crippen molar-refractivity contribution >= 4 is 11.9 Å². The molecule has 1 heterocycles. The predicted octanol–water partition coefficient (Wildman–Crippen LogP) is -0.243. The van der Waals surface area contributed by atoms with Crippen molar-refractivity contribution in [1.82, 2.24) is 15.5 Å². The third-order valence-corrected chi connectivity index (χ3v) is 1.98. The highest BCUT2D eigenvalue weighted by Gasteiger charge is 2.19. The Balaban J connectivity index is 2.30. The molecule has 0 fully saturated rings. The molecule has 1 amide bonds. The first-order valence-electron chi connectivity index (χ1n) is 4.80. The summed E-state index contributed by atoms with van der Waals surface area (Å²) >= 11 is 0. The van der Waals surface area contributed by atoms with Crippen LogP contribution in [0.25, 0.3) is 0 Å². The second-order valence-corrected chi connectivity index (χ2v) is 3.33. The minimum atomic E-state index is -1.15. The molecule has 0 radical (unpaired) electrons. The summed E-state index contributed by atoms with van der Waals surface area (Å²) in [6.07, 6.45) is 0.412. The Morgan fingerprint density at radius 3 is 2.75 bits per heavy atom. The van der Waals surface area contributed by atoms with Gasteiger partial charge >= 0.3 is 5.97 Å². The Hall–Kier alpha value is -1.92. The van der Waals surface area contributed by atoms with Crippen molar-refractivity contribution in [3.05, 3.63) is 11.7 Å². The summed E-state index contributed by atoms with van der Waals surface area (Å²) in [4.78, 5) is 25.6. The monoisotopic (exact) mass is 227 g/mol. The van der Waals surface area contributed by atoms with Gasteiger partial charge in [0.2, 0.25) is 11.8 Å². The molecule has 7 heteroatoms. The largest absolute Gasteiger partial charge is 0.481 e. The van der Waals surface area contributed by atoms with E-state index in [1.165, 1.54) is 6.92 Å². The fourth-order valence-electron chi connectivity index (χ4n) is 1.01. The third kappa shape index (κ3) is 3.34. The van der Waals surface area contributed by atoms with Crippen LogP contribution in [0.1, 0.15) is 18.6 Å². The van der Waals surface area contributed by atoms with E-state index in [0.29, 0.717) is 18.1 Å². The fourth-order valence-corrected chi connectivity index (χ4v) is 1.01. The van der Waals surface area contributed by atoms with E-state index in [1.54, 1.807) is 6.92 Å². The first-order valence-corrected chi connectivity index (χ1v) is 4.80. The highest BCUT2D eigenvalue weighted by Crippen LogP contribution is 1.97. The van der Waals surface area contributed by atoms with E-state index in [2.05, 4.69) is 15.5 Å². The van der Waals surface area contributed by atoms with E-state index in [1.807, 2.05) is 0 Å². The van der Waals surface area contributed by atoms with Gasteiger partial charge in [-0.3, -0.25) is 9.59 Å². The van der Waals surface area contributed by atoms with Crippen LogP contribution in [0.5, 0.6) is 0 Å². The van der Waals surface area contributed by atoms with Crippen LogP contribution < -0.4 is 5.32 Å². The highest BCUT2D eigenvalue weighted by atomic mass is 16.5. The summed E-state index contributed by atoms with van der Waals surface area (Å²) in [5.41, 5.74) is 0. The van der Waals surface area contributed by atoms with Crippen molar-refractivity contribution in [1.29, 1.82) is 0 Å². The number of amides is 1. The normalized spacial score (nSPS) is 12.1. The van der Waals surface area contributed by atoms with Crippen LogP contribution in [0.4, 0.5) is 0 Å². The van der Waals surface area contributed by atoms with Crippen molar-refractivity contribution in [2.45, 2.75) is 20.3 Å². The van der Waals surface area contributed by atoms with E-state index in [0.717, 1.165) is 0 Å². The molecule has 1 aromatic rings. The molecule has 88 valence electrons. The van der Waals surface area contributed by atoms with Crippen LogP contribution in [-0.4, -0.2) is 33.7 Å². The molecule has 0 saturated heterocycles. The third-order valence-electron chi connectivity index (χ3n) is 1.98. The first kappa shape index (κ1) is 12.2. The molecular formula is C9H13N3O4. The highest BCUT2D eigenvalue weighted by molar-refractivity contribution is 5.96. The Labute approximate surface area is 91.8 Å². The number of hydrogen-bond acceptors (Lipinski definition) is 5. The van der Waals surface area contributed by atoms with Crippen LogP contribution in [0, 0.1) is 12.8 Å². The molecule has 0 spiro atoms. The number of carbonyl (C=O) groups is 2. The molecule has 0 aromatic carbocycles. The average Bonchev–Trinajstić information content (AvgIpc) is 2.62. The second-order valence-electron chi connectivity index (χ2n) is 3.33. The van der Waals surface area contributed by atoms with Gasteiger partial charge in [0.1, 0.15) is 5.92 Å². The lowest BCUT2D eigenvalue weighted by molar-refractivity contribution is -0.146. The van der Waals surface area contributed by atoms with E-state index >= 15 is 0 Å². The maximum Gasteiger partial charge on any atom is 0.315 e. The molecule has 2 N–H and O–H groups in total. The van der Waals surface area contributed by atoms with Gasteiger partial charge in [-0.1, -0.05) is 5.16 Å². The van der Waals surface area contributed by atoms with E-state index in [-0.39, 0.29) is 6.54 Å². The number of nitrogens with one attached hydrogen (secondary N) is 1. The number of carbonyl (C=O) groups excluding carboxylic acids is 1. The maximum atomic E-state index is 11.2. The van der Waals surface area contributed by atoms with E-state index in [9.17, 15) is 9.59 Å². The zero-order chi connectivity index (χ0) is 12.1. The summed E-state index contributed by atoms with van der Waals surface area (Å²) < 4.78 is 4.74. The molecule has 1 aromatic heterocycles. The molecule has 0 bridgehead atoms. The van der Waals surface area contributed by atoms with Crippen molar-refractivity contribution in [2.24, 2.45) is 5.92 Å². The van der Waals surface area contributed by atoms with Crippen LogP contribution in [0.3, 0.4) is 0 Å². The number of aliphatic carboxylic acids is 1. The lowest BCUT2D eigenvalue weighted by atomic mass is 10.2. The van der Waals surface area contributed by atoms with E-state index in [4.69, 9.17) is 9.63 Å². The molecule has 0 aliphatic heterocycles. The Bertz CT molecular complexity index is 388. The lowest BCUT2D eigenvalue weighted by Gasteiger charge is -2.06. The Morgan fingerprint density at radius 1 is 1.56 bits per heavy atom. The van der Waals surface area contributed by atoms with Crippen molar-refractivity contribution in [2.75, 3.05) is 6.54 Å². The fraction of sp³-hybridized carbons (Fsp3) is 0.556. The molecule has 1 rings (SSSR count). The van der Waals surface area contributed by atoms with Gasteiger partial charge in [0.05, 0.1) is 0 Å². The number of aromatic nitrogens is 2. The minimum absolute atomic E-state index is 0.287. The van der Waals surface area contributed by atoms with Crippen molar-refractivity contribution in [3.63, 3.8) is 0 Å². The molecular weight excluding hydrogens is 214 g/mol. The van der Waals surface area contributed by atoms with Crippen LogP contribution in [0.2, 0.25) is 0 Å². The first-order chi connectivity index (χ1) is 7.50. The van der Waals surface area contributed by atoms with Gasteiger partial charge < -0.3 is 14.9 Å². The van der Waals surface area contributed by atoms with Gasteiger partial charge in [0.25, 0.3) is 0 Å². The van der Waals surface area contributed by atoms with Crippen molar-refractivity contribution in [3.8, 4) is 0 Å². The van der Waals surface area contributed by atoms with Gasteiger partial charge in [0, 0.05) is 19.9 Å². The number of carboxylic acids is 1. The topological polar surface area (TPSA) is 105 Å². The number of nitrogens with zero attached hydrogens (tertiary/aromatic N) is 2. The average molecular weight is 227 g/mol. The second kappa shape index (κ2) is 5.24. The van der Waals surface area contributed by atoms with E-state index < -0.39 is 17.8 Å². The van der Waals surface area contributed by atoms with Crippen molar-refractivity contribution < 1.29 is 19.2 Å². The lowest BCUT2D eigenvalue weighted by Crippen LogP contribution is -2.34. The van der Waals surface area contributed by atoms with Gasteiger partial charge in [-0.25, -0.2) is 0 Å². The summed E-state index contributed by atoms with van der Waals surface area (Å²) in [6.45, 7) is 3.28. The smallest absolute Gasteiger partial charge is 0.315 e. The molecule has 1 unspecified atom stereocenters. The Morgan fingerprint density at radius 2 is 2.25 bits per heavy atom. The molecule has 1 atom stereocenters. The summed E-state index contributed by atoms with van der Waals surface area (Å²) in [5.74, 6) is -1.77. The van der Waals surface area contributed by atoms with Crippen LogP contribution in [-0.2, 0) is 16.0 Å². The number of rotatable bonds is 5. The molecule has 16 heavy (non-hydrogen) atoms. The zero-order valence-corrected chi connectivity index (χ0v) is 9.06. The summed E-state index contributed by atoms with van der Waals surface area (Å²) in [5, 5.41) is 14.7. The molecule has 7 nitrogen and oxygen atoms in total. The summed E-state index contributed by atoms with van der Waals surface area (Å²) in [7, 11) is 0. The van der Waals surface area contributed by atoms with Gasteiger partial charge in [-0.15, -0.1) is 0 Å². The van der Waals surface area contributed by atoms with Crippen LogP contribution >= 0.6 is 0 Å². The van der Waals surface area contributed by atoms with Gasteiger partial charge in [0.15, 0.2) is 5.82 Å². The SMILES string of the molecule is Cc1nc(CCNC(=O)C(C)C(=O)O)no1. The Kier molecular flexibility index (Phi) is 3.98. The van der Waals surface area contributed by atoms with Gasteiger partial charge in [-0.2, -0.15) is 4.98 Å². The number of carboxylic acid groups (broad SMARTS) is 1. The van der Waals surface area contributed by atoms with Gasteiger partial charge in [-0.05, 0) is 6.92 Å². The van der Waals surface area contributed by atoms with Crippen LogP contribution in [0.15, 0.2) is 4.52 Å². The molecule has 0 aliphatic carbocycles. The maximum absolute atomic E-state index is 11.2. The zero-order valence-electron chi connectivity index (χ0n) is 9.06. The quantitative estimate of drug-likeness (QED) is 0.672. The molecule has 0 aliphatic rings. The number of hydrogen-bond donors (Lipinski definition) is 2.